The maximum atomic E-state index is 15.0. The average Bonchev–Trinajstić information content (AvgIpc) is 3.55. The zero-order valence-electron chi connectivity index (χ0n) is 18.8. The number of ether oxygens (including phenoxy) is 3. The van der Waals surface area contributed by atoms with Gasteiger partial charge in [0, 0.05) is 39.6 Å². The Kier molecular flexibility index (Phi) is 5.64. The lowest BCUT2D eigenvalue weighted by Crippen LogP contribution is -2.34. The number of aromatic amines is 1. The number of hydrogen-bond donors (Lipinski definition) is 2. The van der Waals surface area contributed by atoms with Gasteiger partial charge in [-0.05, 0) is 23.3 Å². The van der Waals surface area contributed by atoms with E-state index in [-0.39, 0.29) is 30.6 Å². The van der Waals surface area contributed by atoms with Crippen molar-refractivity contribution in [2.24, 2.45) is 0 Å². The summed E-state index contributed by atoms with van der Waals surface area (Å²) in [5.41, 5.74) is 3.96. The number of aliphatic hydroxyl groups excluding tert-OH is 1. The summed E-state index contributed by atoms with van der Waals surface area (Å²) < 4.78 is 43.8. The summed E-state index contributed by atoms with van der Waals surface area (Å²) in [5.74, 6) is -0.00460. The van der Waals surface area contributed by atoms with Gasteiger partial charge in [-0.15, -0.1) is 0 Å². The highest BCUT2D eigenvalue weighted by atomic mass is 32.2. The lowest BCUT2D eigenvalue weighted by atomic mass is 10.0. The Labute approximate surface area is 203 Å². The minimum atomic E-state index is -1.02. The van der Waals surface area contributed by atoms with Gasteiger partial charge in [-0.25, -0.2) is 9.37 Å². The molecule has 2 aliphatic rings. The molecule has 180 valence electrons. The second-order valence-electron chi connectivity index (χ2n) is 8.76. The van der Waals surface area contributed by atoms with Crippen molar-refractivity contribution in [3.63, 3.8) is 0 Å². The lowest BCUT2D eigenvalue weighted by Gasteiger charge is -2.16. The van der Waals surface area contributed by atoms with Crippen LogP contribution < -0.4 is 4.74 Å². The normalized spacial score (nSPS) is 24.5. The number of pyridine rings is 1. The molecule has 5 atom stereocenters. The minimum Gasteiger partial charge on any atom is -0.470 e. The van der Waals surface area contributed by atoms with Gasteiger partial charge in [0.25, 0.3) is 0 Å². The zero-order valence-corrected chi connectivity index (χ0v) is 19.6. The van der Waals surface area contributed by atoms with E-state index in [0.29, 0.717) is 29.1 Å². The van der Waals surface area contributed by atoms with Crippen LogP contribution in [0.2, 0.25) is 0 Å². The number of aliphatic hydroxyl groups is 1. The van der Waals surface area contributed by atoms with Crippen LogP contribution in [0.1, 0.15) is 0 Å². The standard InChI is InChI=1S/C26H23FN2O5S/c1-35(31)17-8-6-15(7-9-17)14-2-4-16(5-3-14)24-18(27)10-19-20(29-24)11-23(28-19)34-22-13-33-25-21(30)12-32-26(22)25/h2-11,21-22,25-26,28,30H,12-13H2,1H3/t21-,22-,25?,26?,35?/m1/s1. The number of H-pyrrole nitrogens is 1. The highest BCUT2D eigenvalue weighted by Gasteiger charge is 2.48. The molecule has 3 unspecified atom stereocenters. The summed E-state index contributed by atoms with van der Waals surface area (Å²) in [4.78, 5) is 8.36. The van der Waals surface area contributed by atoms with E-state index in [0.717, 1.165) is 16.0 Å². The number of nitrogens with one attached hydrogen (secondary N) is 1. The zero-order chi connectivity index (χ0) is 24.1. The number of benzene rings is 2. The molecule has 0 radical (unpaired) electrons. The monoisotopic (exact) mass is 494 g/mol. The van der Waals surface area contributed by atoms with Crippen LogP contribution in [-0.2, 0) is 20.3 Å². The Morgan fingerprint density at radius 2 is 1.66 bits per heavy atom. The quantitative estimate of drug-likeness (QED) is 0.440. The number of nitrogens with zero attached hydrogens (tertiary/aromatic N) is 1. The lowest BCUT2D eigenvalue weighted by molar-refractivity contribution is 0.00794. The van der Waals surface area contributed by atoms with Crippen molar-refractivity contribution in [3.8, 4) is 28.3 Å². The number of fused-ring (bicyclic) bond motifs is 2. The van der Waals surface area contributed by atoms with Crippen LogP contribution in [0.4, 0.5) is 4.39 Å². The number of rotatable bonds is 5. The first-order chi connectivity index (χ1) is 17.0. The van der Waals surface area contributed by atoms with Crippen molar-refractivity contribution >= 4 is 21.8 Å². The second kappa shape index (κ2) is 8.83. The topological polar surface area (TPSA) is 93.7 Å². The van der Waals surface area contributed by atoms with E-state index in [1.54, 1.807) is 12.3 Å². The van der Waals surface area contributed by atoms with Crippen molar-refractivity contribution in [2.45, 2.75) is 29.3 Å². The number of halogens is 1. The molecule has 0 amide bonds. The van der Waals surface area contributed by atoms with Gasteiger partial charge >= 0.3 is 0 Å². The average molecular weight is 495 g/mol. The van der Waals surface area contributed by atoms with Gasteiger partial charge in [-0.3, -0.25) is 4.21 Å². The van der Waals surface area contributed by atoms with Crippen LogP contribution in [0.3, 0.4) is 0 Å². The number of hydrogen-bond acceptors (Lipinski definition) is 6. The second-order valence-corrected chi connectivity index (χ2v) is 10.1. The van der Waals surface area contributed by atoms with E-state index < -0.39 is 22.7 Å². The third-order valence-corrected chi connectivity index (χ3v) is 7.41. The van der Waals surface area contributed by atoms with E-state index in [1.807, 2.05) is 48.5 Å². The summed E-state index contributed by atoms with van der Waals surface area (Å²) in [6, 6.07) is 18.2. The Hall–Kier alpha value is -3.11. The highest BCUT2D eigenvalue weighted by Crippen LogP contribution is 2.32. The van der Waals surface area contributed by atoms with Gasteiger partial charge in [-0.1, -0.05) is 36.4 Å². The van der Waals surface area contributed by atoms with Gasteiger partial charge in [0.2, 0.25) is 0 Å². The highest BCUT2D eigenvalue weighted by molar-refractivity contribution is 7.84. The molecule has 2 aromatic heterocycles. The van der Waals surface area contributed by atoms with Crippen molar-refractivity contribution < 1.29 is 27.9 Å². The van der Waals surface area contributed by atoms with E-state index in [4.69, 9.17) is 14.2 Å². The maximum absolute atomic E-state index is 15.0. The van der Waals surface area contributed by atoms with Crippen LogP contribution in [-0.4, -0.2) is 63.2 Å². The first-order valence-corrected chi connectivity index (χ1v) is 12.8. The third kappa shape index (κ3) is 4.14. The van der Waals surface area contributed by atoms with Gasteiger partial charge in [0.15, 0.2) is 17.8 Å². The SMILES string of the molecule is CS(=O)c1ccc(-c2ccc(-c3nc4cc(O[C@@H]5COC6C5OC[C@H]6O)[nH]c4cc3F)cc2)cc1. The van der Waals surface area contributed by atoms with Gasteiger partial charge in [-0.2, -0.15) is 0 Å². The molecule has 7 nitrogen and oxygen atoms in total. The van der Waals surface area contributed by atoms with Crippen LogP contribution >= 0.6 is 0 Å². The van der Waals surface area contributed by atoms with Crippen LogP contribution in [0.25, 0.3) is 33.4 Å². The third-order valence-electron chi connectivity index (χ3n) is 6.47. The van der Waals surface area contributed by atoms with E-state index >= 15 is 0 Å². The molecule has 2 aliphatic heterocycles. The summed E-state index contributed by atoms with van der Waals surface area (Å²) in [6.45, 7) is 0.530. The van der Waals surface area contributed by atoms with E-state index in [1.165, 1.54) is 6.07 Å². The fourth-order valence-corrected chi connectivity index (χ4v) is 5.16. The van der Waals surface area contributed by atoms with Crippen molar-refractivity contribution in [2.75, 3.05) is 19.5 Å². The summed E-state index contributed by atoms with van der Waals surface area (Å²) in [7, 11) is -1.02. The summed E-state index contributed by atoms with van der Waals surface area (Å²) in [6.07, 6.45) is -0.0931. The Morgan fingerprint density at radius 3 is 2.37 bits per heavy atom. The molecule has 2 aromatic carbocycles. The summed E-state index contributed by atoms with van der Waals surface area (Å²) in [5, 5.41) is 9.90. The summed E-state index contributed by atoms with van der Waals surface area (Å²) >= 11 is 0. The van der Waals surface area contributed by atoms with Gasteiger partial charge in [0.1, 0.15) is 24.0 Å². The van der Waals surface area contributed by atoms with Crippen molar-refractivity contribution in [3.05, 3.63) is 66.5 Å². The van der Waals surface area contributed by atoms with Gasteiger partial charge < -0.3 is 24.3 Å². The maximum Gasteiger partial charge on any atom is 0.193 e. The fourth-order valence-electron chi connectivity index (χ4n) is 4.64. The first-order valence-electron chi connectivity index (χ1n) is 11.3. The van der Waals surface area contributed by atoms with Gasteiger partial charge in [0.05, 0.1) is 24.2 Å². The van der Waals surface area contributed by atoms with Crippen molar-refractivity contribution in [1.82, 2.24) is 9.97 Å². The molecule has 0 bridgehead atoms. The molecule has 4 aromatic rings. The molecule has 35 heavy (non-hydrogen) atoms. The molecular formula is C26H23FN2O5S. The molecule has 0 saturated carbocycles. The van der Waals surface area contributed by atoms with Crippen LogP contribution in [0.5, 0.6) is 5.88 Å². The molecule has 0 spiro atoms. The molecule has 0 aliphatic carbocycles. The molecule has 2 fully saturated rings. The predicted molar refractivity (Wildman–Crippen MR) is 129 cm³/mol. The molecule has 6 rings (SSSR count). The fraction of sp³-hybridized carbons (Fsp3) is 0.269. The molecule has 2 saturated heterocycles. The smallest absolute Gasteiger partial charge is 0.193 e. The minimum absolute atomic E-state index is 0.224. The predicted octanol–water partition coefficient (Wildman–Crippen LogP) is 3.68. The Balaban J connectivity index is 1.23. The first kappa shape index (κ1) is 22.4. The molecule has 2 N–H and O–H groups in total. The Morgan fingerprint density at radius 1 is 1.00 bits per heavy atom. The van der Waals surface area contributed by atoms with E-state index in [2.05, 4.69) is 9.97 Å². The van der Waals surface area contributed by atoms with Crippen LogP contribution in [0.15, 0.2) is 65.6 Å². The number of aromatic nitrogens is 2. The van der Waals surface area contributed by atoms with Crippen LogP contribution in [0, 0.1) is 5.82 Å². The molecule has 4 heterocycles. The van der Waals surface area contributed by atoms with E-state index in [9.17, 15) is 13.7 Å². The molecule has 9 heteroatoms. The molecular weight excluding hydrogens is 471 g/mol. The largest absolute Gasteiger partial charge is 0.470 e. The van der Waals surface area contributed by atoms with Crippen molar-refractivity contribution in [1.29, 1.82) is 0 Å². The Bertz CT molecular complexity index is 1410.